The fourth-order valence-corrected chi connectivity index (χ4v) is 3.85. The summed E-state index contributed by atoms with van der Waals surface area (Å²) in [6, 6.07) is 11.6. The molecule has 2 aromatic rings. The molecule has 0 aliphatic carbocycles. The number of ether oxygens (including phenoxy) is 1. The van der Waals surface area contributed by atoms with Crippen LogP contribution in [0, 0.1) is 0 Å². The van der Waals surface area contributed by atoms with Gasteiger partial charge in [0.1, 0.15) is 5.75 Å². The van der Waals surface area contributed by atoms with E-state index < -0.39 is 11.7 Å². The van der Waals surface area contributed by atoms with Crippen molar-refractivity contribution in [3.8, 4) is 5.75 Å². The van der Waals surface area contributed by atoms with Crippen molar-refractivity contribution in [2.75, 3.05) is 4.90 Å². The number of halogens is 1. The fraction of sp³-hybridized carbons (Fsp3) is 0.222. The molecule has 2 aliphatic rings. The molecule has 2 amide bonds. The summed E-state index contributed by atoms with van der Waals surface area (Å²) in [6.07, 6.45) is 0.560. The number of nitrogens with zero attached hydrogens (tertiary/aromatic N) is 1. The van der Waals surface area contributed by atoms with Crippen molar-refractivity contribution in [2.24, 2.45) is 0 Å². The van der Waals surface area contributed by atoms with E-state index in [9.17, 15) is 14.7 Å². The SMILES string of the molecule is CC12CC(NC(=O)N1c1cccc(C(=O)O)c1)c1ccc(Br)cc1O2. The summed E-state index contributed by atoms with van der Waals surface area (Å²) in [7, 11) is 0. The van der Waals surface area contributed by atoms with E-state index in [0.717, 1.165) is 10.0 Å². The van der Waals surface area contributed by atoms with Gasteiger partial charge in [-0.15, -0.1) is 0 Å². The van der Waals surface area contributed by atoms with E-state index in [2.05, 4.69) is 21.2 Å². The van der Waals surface area contributed by atoms with Gasteiger partial charge in [-0.3, -0.25) is 4.90 Å². The lowest BCUT2D eigenvalue weighted by atomic mass is 9.90. The Morgan fingerprint density at radius 1 is 1.36 bits per heavy atom. The highest BCUT2D eigenvalue weighted by Gasteiger charge is 2.49. The van der Waals surface area contributed by atoms with Crippen LogP contribution in [0.2, 0.25) is 0 Å². The number of carbonyl (C=O) groups excluding carboxylic acids is 1. The monoisotopic (exact) mass is 402 g/mol. The second-order valence-corrected chi connectivity index (χ2v) is 7.27. The van der Waals surface area contributed by atoms with Gasteiger partial charge in [0.05, 0.1) is 17.3 Å². The number of hydrogen-bond acceptors (Lipinski definition) is 3. The molecule has 0 spiro atoms. The minimum atomic E-state index is -1.04. The summed E-state index contributed by atoms with van der Waals surface area (Å²) in [5.41, 5.74) is 0.637. The minimum absolute atomic E-state index is 0.120. The molecule has 25 heavy (non-hydrogen) atoms. The average Bonchev–Trinajstić information content (AvgIpc) is 2.53. The third-order valence-electron chi connectivity index (χ3n) is 4.59. The van der Waals surface area contributed by atoms with Crippen LogP contribution < -0.4 is 15.0 Å². The summed E-state index contributed by atoms with van der Waals surface area (Å²) in [6.45, 7) is 1.84. The Bertz CT molecular complexity index is 900. The Kier molecular flexibility index (Phi) is 3.50. The van der Waals surface area contributed by atoms with Gasteiger partial charge in [-0.1, -0.05) is 28.1 Å². The van der Waals surface area contributed by atoms with E-state index in [1.54, 1.807) is 12.1 Å². The number of carboxylic acid groups (broad SMARTS) is 1. The number of aromatic carboxylic acids is 1. The first kappa shape index (κ1) is 16.0. The van der Waals surface area contributed by atoms with Crippen LogP contribution in [0.3, 0.4) is 0 Å². The van der Waals surface area contributed by atoms with Crippen molar-refractivity contribution in [1.82, 2.24) is 5.32 Å². The van der Waals surface area contributed by atoms with E-state index in [0.29, 0.717) is 17.9 Å². The van der Waals surface area contributed by atoms with Crippen molar-refractivity contribution in [3.63, 3.8) is 0 Å². The zero-order valence-corrected chi connectivity index (χ0v) is 14.9. The number of urea groups is 1. The lowest BCUT2D eigenvalue weighted by molar-refractivity contribution is 0.0377. The average molecular weight is 403 g/mol. The van der Waals surface area contributed by atoms with Crippen molar-refractivity contribution in [2.45, 2.75) is 25.1 Å². The molecule has 4 rings (SSSR count). The first-order valence-electron chi connectivity index (χ1n) is 7.80. The molecule has 2 aliphatic heterocycles. The van der Waals surface area contributed by atoms with Crippen molar-refractivity contribution < 1.29 is 19.4 Å². The first-order valence-corrected chi connectivity index (χ1v) is 8.59. The Labute approximate surface area is 152 Å². The molecule has 7 heteroatoms. The smallest absolute Gasteiger partial charge is 0.335 e. The second-order valence-electron chi connectivity index (χ2n) is 6.36. The van der Waals surface area contributed by atoms with Crippen LogP contribution in [0.4, 0.5) is 10.5 Å². The van der Waals surface area contributed by atoms with Gasteiger partial charge in [0.15, 0.2) is 5.72 Å². The number of carboxylic acids is 1. The van der Waals surface area contributed by atoms with Gasteiger partial charge in [0, 0.05) is 16.5 Å². The maximum absolute atomic E-state index is 12.7. The van der Waals surface area contributed by atoms with E-state index in [4.69, 9.17) is 4.74 Å². The summed E-state index contributed by atoms with van der Waals surface area (Å²) in [5, 5.41) is 12.2. The third kappa shape index (κ3) is 2.55. The van der Waals surface area contributed by atoms with Crippen molar-refractivity contribution >= 4 is 33.6 Å². The van der Waals surface area contributed by atoms with Gasteiger partial charge in [-0.05, 0) is 37.3 Å². The zero-order valence-electron chi connectivity index (χ0n) is 13.3. The predicted molar refractivity (Wildman–Crippen MR) is 94.9 cm³/mol. The molecule has 0 radical (unpaired) electrons. The summed E-state index contributed by atoms with van der Waals surface area (Å²) in [5.74, 6) is -0.339. The van der Waals surface area contributed by atoms with Gasteiger partial charge in [-0.2, -0.15) is 0 Å². The number of fused-ring (bicyclic) bond motifs is 4. The number of nitrogens with one attached hydrogen (secondary N) is 1. The number of hydrogen-bond donors (Lipinski definition) is 2. The third-order valence-corrected chi connectivity index (χ3v) is 5.08. The van der Waals surface area contributed by atoms with Gasteiger partial charge in [-0.25, -0.2) is 9.59 Å². The molecule has 0 saturated carbocycles. The number of benzene rings is 2. The van der Waals surface area contributed by atoms with Crippen molar-refractivity contribution in [3.05, 3.63) is 58.1 Å². The fourth-order valence-electron chi connectivity index (χ4n) is 3.51. The van der Waals surface area contributed by atoms with Gasteiger partial charge in [0.25, 0.3) is 0 Å². The number of carbonyl (C=O) groups is 2. The lowest BCUT2D eigenvalue weighted by Gasteiger charge is -2.50. The van der Waals surface area contributed by atoms with E-state index in [-0.39, 0.29) is 17.6 Å². The highest BCUT2D eigenvalue weighted by Crippen LogP contribution is 2.46. The van der Waals surface area contributed by atoms with Gasteiger partial charge < -0.3 is 15.2 Å². The number of rotatable bonds is 2. The van der Waals surface area contributed by atoms with Crippen LogP contribution >= 0.6 is 15.9 Å². The topological polar surface area (TPSA) is 78.9 Å². The van der Waals surface area contributed by atoms with Gasteiger partial charge in [0.2, 0.25) is 0 Å². The molecule has 2 N–H and O–H groups in total. The Balaban J connectivity index is 1.80. The molecule has 2 bridgehead atoms. The Morgan fingerprint density at radius 2 is 2.16 bits per heavy atom. The molecule has 128 valence electrons. The minimum Gasteiger partial charge on any atom is -0.478 e. The molecular formula is C18H15BrN2O4. The molecule has 0 aromatic heterocycles. The van der Waals surface area contributed by atoms with Crippen LogP contribution in [0.5, 0.6) is 5.75 Å². The highest BCUT2D eigenvalue weighted by atomic mass is 79.9. The predicted octanol–water partition coefficient (Wildman–Crippen LogP) is 3.92. The molecular weight excluding hydrogens is 388 g/mol. The van der Waals surface area contributed by atoms with E-state index in [1.807, 2.05) is 25.1 Å². The lowest BCUT2D eigenvalue weighted by Crippen LogP contribution is -2.65. The number of amides is 2. The quantitative estimate of drug-likeness (QED) is 0.797. The Hall–Kier alpha value is -2.54. The Morgan fingerprint density at radius 3 is 2.92 bits per heavy atom. The first-order chi connectivity index (χ1) is 11.9. The van der Waals surface area contributed by atoms with E-state index >= 15 is 0 Å². The maximum Gasteiger partial charge on any atom is 0.335 e. The zero-order chi connectivity index (χ0) is 17.8. The van der Waals surface area contributed by atoms with Crippen LogP contribution in [0.1, 0.15) is 35.3 Å². The van der Waals surface area contributed by atoms with Crippen molar-refractivity contribution in [1.29, 1.82) is 0 Å². The molecule has 6 nitrogen and oxygen atoms in total. The molecule has 2 atom stereocenters. The van der Waals surface area contributed by atoms with Crippen LogP contribution in [-0.4, -0.2) is 22.8 Å². The van der Waals surface area contributed by atoms with Gasteiger partial charge >= 0.3 is 12.0 Å². The molecule has 1 saturated heterocycles. The number of anilines is 1. The van der Waals surface area contributed by atoms with Crippen LogP contribution in [0.25, 0.3) is 0 Å². The standard InChI is InChI=1S/C18H15BrN2O4/c1-18-9-14(13-6-5-11(19)8-15(13)25-18)20-17(24)21(18)12-4-2-3-10(7-12)16(22)23/h2-8,14H,9H2,1H3,(H,20,24)(H,22,23). The largest absolute Gasteiger partial charge is 0.478 e. The summed E-state index contributed by atoms with van der Waals surface area (Å²) >= 11 is 3.44. The maximum atomic E-state index is 12.7. The molecule has 2 aromatic carbocycles. The van der Waals surface area contributed by atoms with Crippen LogP contribution in [-0.2, 0) is 0 Å². The van der Waals surface area contributed by atoms with Crippen LogP contribution in [0.15, 0.2) is 46.9 Å². The van der Waals surface area contributed by atoms with E-state index in [1.165, 1.54) is 17.0 Å². The molecule has 2 heterocycles. The second kappa shape index (κ2) is 5.49. The molecule has 1 fully saturated rings. The highest BCUT2D eigenvalue weighted by molar-refractivity contribution is 9.10. The summed E-state index contributed by atoms with van der Waals surface area (Å²) in [4.78, 5) is 25.5. The molecule has 2 unspecified atom stereocenters. The summed E-state index contributed by atoms with van der Waals surface area (Å²) < 4.78 is 7.09. The normalized spacial score (nSPS) is 24.2.